The lowest BCUT2D eigenvalue weighted by atomic mass is 9.73. The number of aryl methyl sites for hydroxylation is 1. The van der Waals surface area contributed by atoms with Gasteiger partial charge in [0, 0.05) is 18.8 Å². The molecule has 1 aromatic rings. The van der Waals surface area contributed by atoms with Crippen molar-refractivity contribution in [1.82, 2.24) is 0 Å². The van der Waals surface area contributed by atoms with Gasteiger partial charge in [-0.25, -0.2) is 4.39 Å². The molecule has 0 atom stereocenters. The van der Waals surface area contributed by atoms with Crippen molar-refractivity contribution in [2.75, 3.05) is 13.2 Å². The average Bonchev–Trinajstić information content (AvgIpc) is 2.33. The molecule has 1 fully saturated rings. The highest BCUT2D eigenvalue weighted by Gasteiger charge is 2.43. The molecule has 0 amide bonds. The number of aliphatic carboxylic acids is 1. The summed E-state index contributed by atoms with van der Waals surface area (Å²) < 4.78 is 19.0. The third-order valence-corrected chi connectivity index (χ3v) is 3.39. The Kier molecular flexibility index (Phi) is 3.15. The van der Waals surface area contributed by atoms with Gasteiger partial charge in [-0.15, -0.1) is 0 Å². The van der Waals surface area contributed by atoms with E-state index in [9.17, 15) is 14.3 Å². The van der Waals surface area contributed by atoms with Crippen molar-refractivity contribution in [2.45, 2.75) is 25.2 Å². The fourth-order valence-corrected chi connectivity index (χ4v) is 2.32. The van der Waals surface area contributed by atoms with Crippen molar-refractivity contribution in [2.24, 2.45) is 0 Å². The minimum Gasteiger partial charge on any atom is -0.481 e. The van der Waals surface area contributed by atoms with E-state index in [1.807, 2.05) is 6.92 Å². The van der Waals surface area contributed by atoms with Gasteiger partial charge in [0.1, 0.15) is 5.82 Å². The van der Waals surface area contributed by atoms with Gasteiger partial charge in [-0.05, 0) is 25.8 Å². The summed E-state index contributed by atoms with van der Waals surface area (Å²) in [4.78, 5) is 11.5. The maximum atomic E-state index is 13.9. The molecule has 0 unspecified atom stereocenters. The summed E-state index contributed by atoms with van der Waals surface area (Å²) in [6.45, 7) is 2.55. The van der Waals surface area contributed by atoms with Crippen molar-refractivity contribution >= 4 is 5.97 Å². The molecule has 2 rings (SSSR count). The molecule has 0 aromatic heterocycles. The molecule has 0 aliphatic carbocycles. The fraction of sp³-hybridized carbons (Fsp3) is 0.462. The third kappa shape index (κ3) is 2.05. The van der Waals surface area contributed by atoms with Gasteiger partial charge in [0.2, 0.25) is 0 Å². The lowest BCUT2D eigenvalue weighted by Crippen LogP contribution is -2.42. The van der Waals surface area contributed by atoms with E-state index in [1.165, 1.54) is 6.07 Å². The summed E-state index contributed by atoms with van der Waals surface area (Å²) >= 11 is 0. The summed E-state index contributed by atoms with van der Waals surface area (Å²) in [5.41, 5.74) is 0.0239. The minimum atomic E-state index is -1.13. The molecule has 1 heterocycles. The molecular formula is C13H15FO3. The van der Waals surface area contributed by atoms with Gasteiger partial charge in [-0.3, -0.25) is 4.79 Å². The van der Waals surface area contributed by atoms with Gasteiger partial charge in [-0.1, -0.05) is 17.7 Å². The van der Waals surface area contributed by atoms with E-state index in [-0.39, 0.29) is 5.56 Å². The van der Waals surface area contributed by atoms with E-state index in [0.717, 1.165) is 5.56 Å². The van der Waals surface area contributed by atoms with Gasteiger partial charge in [0.15, 0.2) is 0 Å². The molecular weight excluding hydrogens is 223 g/mol. The van der Waals surface area contributed by atoms with Crippen LogP contribution in [0.3, 0.4) is 0 Å². The lowest BCUT2D eigenvalue weighted by molar-refractivity contribution is -0.148. The first-order chi connectivity index (χ1) is 8.06. The minimum absolute atomic E-state index is 0.285. The summed E-state index contributed by atoms with van der Waals surface area (Å²) in [6.07, 6.45) is 0.644. The number of carboxylic acid groups (broad SMARTS) is 1. The molecule has 17 heavy (non-hydrogen) atoms. The van der Waals surface area contributed by atoms with Crippen molar-refractivity contribution in [1.29, 1.82) is 0 Å². The highest BCUT2D eigenvalue weighted by Crippen LogP contribution is 2.37. The van der Waals surface area contributed by atoms with E-state index in [1.54, 1.807) is 12.1 Å². The Morgan fingerprint density at radius 3 is 2.65 bits per heavy atom. The number of carboxylic acids is 1. The van der Waals surface area contributed by atoms with Gasteiger partial charge >= 0.3 is 5.97 Å². The van der Waals surface area contributed by atoms with Crippen molar-refractivity contribution < 1.29 is 19.0 Å². The first-order valence-electron chi connectivity index (χ1n) is 5.64. The van der Waals surface area contributed by atoms with Crippen LogP contribution in [0.2, 0.25) is 0 Å². The maximum absolute atomic E-state index is 13.9. The standard InChI is InChI=1S/C13H15FO3/c1-9-2-3-11(14)10(8-9)13(12(15)16)4-6-17-7-5-13/h2-3,8H,4-7H2,1H3,(H,15,16). The Labute approximate surface area is 99.2 Å². The van der Waals surface area contributed by atoms with Crippen molar-refractivity contribution in [3.8, 4) is 0 Å². The smallest absolute Gasteiger partial charge is 0.314 e. The first-order valence-corrected chi connectivity index (χ1v) is 5.64. The van der Waals surface area contributed by atoms with Crippen LogP contribution < -0.4 is 0 Å². The van der Waals surface area contributed by atoms with Crippen LogP contribution in [0, 0.1) is 12.7 Å². The van der Waals surface area contributed by atoms with Crippen LogP contribution in [0.5, 0.6) is 0 Å². The SMILES string of the molecule is Cc1ccc(F)c(C2(C(=O)O)CCOCC2)c1. The lowest BCUT2D eigenvalue weighted by Gasteiger charge is -2.33. The molecule has 0 radical (unpaired) electrons. The van der Waals surface area contributed by atoms with Crippen LogP contribution in [0.25, 0.3) is 0 Å². The van der Waals surface area contributed by atoms with E-state index in [4.69, 9.17) is 4.74 Å². The molecule has 3 nitrogen and oxygen atoms in total. The second kappa shape index (κ2) is 4.45. The summed E-state index contributed by atoms with van der Waals surface area (Å²) in [6, 6.07) is 4.62. The third-order valence-electron chi connectivity index (χ3n) is 3.39. The topological polar surface area (TPSA) is 46.5 Å². The van der Waals surface area contributed by atoms with Gasteiger partial charge in [-0.2, -0.15) is 0 Å². The van der Waals surface area contributed by atoms with Gasteiger partial charge < -0.3 is 9.84 Å². The van der Waals surface area contributed by atoms with Crippen LogP contribution in [0.1, 0.15) is 24.0 Å². The molecule has 1 N–H and O–H groups in total. The van der Waals surface area contributed by atoms with Crippen LogP contribution in [-0.2, 0) is 14.9 Å². The van der Waals surface area contributed by atoms with Gasteiger partial charge in [0.05, 0.1) is 5.41 Å². The normalized spacial score (nSPS) is 18.9. The molecule has 1 aliphatic heterocycles. The predicted octanol–water partition coefficient (Wildman–Crippen LogP) is 2.27. The molecule has 0 spiro atoms. The number of hydrogen-bond acceptors (Lipinski definition) is 2. The molecule has 0 bridgehead atoms. The van der Waals surface area contributed by atoms with Crippen LogP contribution in [-0.4, -0.2) is 24.3 Å². The molecule has 0 saturated carbocycles. The monoisotopic (exact) mass is 238 g/mol. The van der Waals surface area contributed by atoms with Gasteiger partial charge in [0.25, 0.3) is 0 Å². The Bertz CT molecular complexity index is 436. The summed E-state index contributed by atoms with van der Waals surface area (Å²) in [7, 11) is 0. The molecule has 1 aliphatic rings. The molecule has 1 saturated heterocycles. The Balaban J connectivity index is 2.52. The highest BCUT2D eigenvalue weighted by molar-refractivity contribution is 5.81. The number of benzene rings is 1. The fourth-order valence-electron chi connectivity index (χ4n) is 2.32. The predicted molar refractivity (Wildman–Crippen MR) is 60.5 cm³/mol. The second-order valence-electron chi connectivity index (χ2n) is 4.48. The van der Waals surface area contributed by atoms with E-state index in [0.29, 0.717) is 26.1 Å². The zero-order valence-electron chi connectivity index (χ0n) is 9.70. The van der Waals surface area contributed by atoms with E-state index in [2.05, 4.69) is 0 Å². The van der Waals surface area contributed by atoms with E-state index >= 15 is 0 Å². The van der Waals surface area contributed by atoms with E-state index < -0.39 is 17.2 Å². The first kappa shape index (κ1) is 12.0. The largest absolute Gasteiger partial charge is 0.481 e. The zero-order chi connectivity index (χ0) is 12.5. The Morgan fingerprint density at radius 1 is 1.41 bits per heavy atom. The van der Waals surface area contributed by atoms with Crippen LogP contribution >= 0.6 is 0 Å². The molecule has 1 aromatic carbocycles. The quantitative estimate of drug-likeness (QED) is 0.859. The number of ether oxygens (including phenoxy) is 1. The van der Waals surface area contributed by atoms with Crippen LogP contribution in [0.15, 0.2) is 18.2 Å². The highest BCUT2D eigenvalue weighted by atomic mass is 19.1. The Hall–Kier alpha value is -1.42. The number of carbonyl (C=O) groups is 1. The summed E-state index contributed by atoms with van der Waals surface area (Å²) in [5, 5.41) is 9.44. The molecule has 92 valence electrons. The number of hydrogen-bond donors (Lipinski definition) is 1. The number of halogens is 1. The second-order valence-corrected chi connectivity index (χ2v) is 4.48. The maximum Gasteiger partial charge on any atom is 0.314 e. The number of rotatable bonds is 2. The zero-order valence-corrected chi connectivity index (χ0v) is 9.70. The Morgan fingerprint density at radius 2 is 2.06 bits per heavy atom. The average molecular weight is 238 g/mol. The molecule has 4 heteroatoms. The van der Waals surface area contributed by atoms with Crippen molar-refractivity contribution in [3.05, 3.63) is 35.1 Å². The van der Waals surface area contributed by atoms with Crippen molar-refractivity contribution in [3.63, 3.8) is 0 Å². The van der Waals surface area contributed by atoms with Crippen LogP contribution in [0.4, 0.5) is 4.39 Å². The summed E-state index contributed by atoms with van der Waals surface area (Å²) in [5.74, 6) is -1.41.